The highest BCUT2D eigenvalue weighted by atomic mass is 35.5. The molecule has 0 saturated carbocycles. The van der Waals surface area contributed by atoms with E-state index in [-0.39, 0.29) is 11.5 Å². The highest BCUT2D eigenvalue weighted by Crippen LogP contribution is 2.34. The third kappa shape index (κ3) is 7.83. The van der Waals surface area contributed by atoms with E-state index in [0.717, 1.165) is 68.3 Å². The van der Waals surface area contributed by atoms with Crippen molar-refractivity contribution in [3.05, 3.63) is 130 Å². The lowest BCUT2D eigenvalue weighted by Gasteiger charge is -2.16. The van der Waals surface area contributed by atoms with E-state index in [4.69, 9.17) is 23.2 Å². The van der Waals surface area contributed by atoms with Crippen LogP contribution in [0.25, 0.3) is 21.8 Å². The fourth-order valence-electron chi connectivity index (χ4n) is 6.45. The van der Waals surface area contributed by atoms with E-state index in [2.05, 4.69) is 50.6 Å². The summed E-state index contributed by atoms with van der Waals surface area (Å²) in [4.78, 5) is 19.3. The van der Waals surface area contributed by atoms with Crippen LogP contribution in [0.5, 0.6) is 11.5 Å². The van der Waals surface area contributed by atoms with Crippen molar-refractivity contribution in [3.63, 3.8) is 0 Å². The van der Waals surface area contributed by atoms with Gasteiger partial charge >= 0.3 is 0 Å². The molecule has 2 aliphatic rings. The molecule has 2 fully saturated rings. The minimum Gasteiger partial charge on any atom is -0.506 e. The number of phenols is 2. The molecule has 47 heavy (non-hydrogen) atoms. The summed E-state index contributed by atoms with van der Waals surface area (Å²) in [6, 6.07) is 27.3. The number of carbonyl (C=O) groups is 1. The highest BCUT2D eigenvalue weighted by Gasteiger charge is 2.25. The van der Waals surface area contributed by atoms with Crippen LogP contribution < -0.4 is 5.32 Å². The molecule has 0 amide bonds. The summed E-state index contributed by atoms with van der Waals surface area (Å²) in [5, 5.41) is 25.6. The maximum Gasteiger partial charge on any atom is 0.152 e. The van der Waals surface area contributed by atoms with Crippen LogP contribution in [0.2, 0.25) is 10.0 Å². The van der Waals surface area contributed by atoms with Gasteiger partial charge in [-0.2, -0.15) is 0 Å². The number of rotatable bonds is 5. The molecule has 9 heteroatoms. The quantitative estimate of drug-likeness (QED) is 0.118. The zero-order valence-electron chi connectivity index (χ0n) is 25.9. The zero-order chi connectivity index (χ0) is 32.8. The molecule has 242 valence electrons. The SMILES string of the molecule is O=Cc1c[nH]c2ccccc12.Oc1cc(C2CCN(Cc3c[nH]c4ccccc34)C2)ccc1Cl.Oc1cc(C2CCNC2)ccc1Cl. The van der Waals surface area contributed by atoms with Gasteiger partial charge < -0.3 is 25.5 Å². The van der Waals surface area contributed by atoms with Crippen LogP contribution in [-0.2, 0) is 6.54 Å². The van der Waals surface area contributed by atoms with Crippen molar-refractivity contribution in [3.8, 4) is 11.5 Å². The molecular formula is C38H38Cl2N4O3. The zero-order valence-corrected chi connectivity index (χ0v) is 27.4. The van der Waals surface area contributed by atoms with Gasteiger partial charge in [0.25, 0.3) is 0 Å². The average Bonchev–Trinajstić information content (AvgIpc) is 3.92. The fourth-order valence-corrected chi connectivity index (χ4v) is 6.68. The number of halogens is 2. The van der Waals surface area contributed by atoms with Gasteiger partial charge in [0.2, 0.25) is 0 Å². The molecule has 7 nitrogen and oxygen atoms in total. The van der Waals surface area contributed by atoms with Gasteiger partial charge in [0, 0.05) is 59.4 Å². The number of carbonyl (C=O) groups excluding carboxylic acids is 1. The number of hydrogen-bond donors (Lipinski definition) is 5. The number of hydrogen-bond acceptors (Lipinski definition) is 5. The second kappa shape index (κ2) is 15.1. The van der Waals surface area contributed by atoms with E-state index in [1.165, 1.54) is 27.6 Å². The number of fused-ring (bicyclic) bond motifs is 2. The molecule has 4 heterocycles. The van der Waals surface area contributed by atoms with E-state index in [1.807, 2.05) is 42.5 Å². The molecule has 6 aromatic rings. The van der Waals surface area contributed by atoms with Crippen molar-refractivity contribution in [1.29, 1.82) is 0 Å². The Bertz CT molecular complexity index is 1960. The van der Waals surface area contributed by atoms with Gasteiger partial charge in [-0.05, 0) is 90.9 Å². The minimum absolute atomic E-state index is 0.180. The summed E-state index contributed by atoms with van der Waals surface area (Å²) in [5.74, 6) is 1.36. The smallest absolute Gasteiger partial charge is 0.152 e. The summed E-state index contributed by atoms with van der Waals surface area (Å²) in [7, 11) is 0. The van der Waals surface area contributed by atoms with Gasteiger partial charge in [-0.3, -0.25) is 9.69 Å². The van der Waals surface area contributed by atoms with Gasteiger partial charge in [-0.15, -0.1) is 0 Å². The van der Waals surface area contributed by atoms with Crippen LogP contribution >= 0.6 is 23.2 Å². The summed E-state index contributed by atoms with van der Waals surface area (Å²) in [6.07, 6.45) is 6.95. The molecule has 8 rings (SSSR count). The van der Waals surface area contributed by atoms with E-state index in [0.29, 0.717) is 21.9 Å². The number of aromatic amines is 2. The Morgan fingerprint density at radius 3 is 2.02 bits per heavy atom. The normalized spacial score (nSPS) is 17.7. The second-order valence-corrected chi connectivity index (χ2v) is 12.9. The lowest BCUT2D eigenvalue weighted by atomic mass is 9.98. The molecule has 5 N–H and O–H groups in total. The Labute approximate surface area is 284 Å². The maximum absolute atomic E-state index is 10.5. The number of likely N-dealkylation sites (tertiary alicyclic amines) is 1. The first kappa shape index (κ1) is 32.7. The first-order chi connectivity index (χ1) is 22.9. The molecule has 2 aromatic heterocycles. The summed E-state index contributed by atoms with van der Waals surface area (Å²) in [5.41, 5.74) is 6.62. The number of nitrogens with one attached hydrogen (secondary N) is 3. The molecule has 0 bridgehead atoms. The third-order valence-corrected chi connectivity index (χ3v) is 9.67. The maximum atomic E-state index is 10.5. The topological polar surface area (TPSA) is 104 Å². The van der Waals surface area contributed by atoms with E-state index < -0.39 is 0 Å². The van der Waals surface area contributed by atoms with Gasteiger partial charge in [-0.25, -0.2) is 0 Å². The second-order valence-electron chi connectivity index (χ2n) is 12.1. The molecule has 0 spiro atoms. The van der Waals surface area contributed by atoms with Gasteiger partial charge in [0.1, 0.15) is 11.5 Å². The first-order valence-corrected chi connectivity index (χ1v) is 16.6. The van der Waals surface area contributed by atoms with Crippen LogP contribution in [0, 0.1) is 0 Å². The molecule has 0 radical (unpaired) electrons. The number of aromatic hydroxyl groups is 2. The molecule has 0 aliphatic carbocycles. The number of aldehydes is 1. The number of H-pyrrole nitrogens is 2. The Morgan fingerprint density at radius 2 is 1.38 bits per heavy atom. The molecule has 4 aromatic carbocycles. The summed E-state index contributed by atoms with van der Waals surface area (Å²) >= 11 is 11.6. The van der Waals surface area contributed by atoms with Crippen molar-refractivity contribution < 1.29 is 15.0 Å². The number of nitrogens with zero attached hydrogens (tertiary/aromatic N) is 1. The molecule has 2 saturated heterocycles. The predicted octanol–water partition coefficient (Wildman–Crippen LogP) is 8.62. The van der Waals surface area contributed by atoms with E-state index >= 15 is 0 Å². The lowest BCUT2D eigenvalue weighted by molar-refractivity contribution is 0.112. The van der Waals surface area contributed by atoms with Crippen molar-refractivity contribution in [2.75, 3.05) is 26.2 Å². The minimum atomic E-state index is 0.180. The Hall–Kier alpha value is -4.27. The van der Waals surface area contributed by atoms with Crippen molar-refractivity contribution in [2.24, 2.45) is 0 Å². The Balaban J connectivity index is 0.000000136. The molecule has 2 aliphatic heterocycles. The first-order valence-electron chi connectivity index (χ1n) is 15.9. The fraction of sp³-hybridized carbons (Fsp3) is 0.237. The van der Waals surface area contributed by atoms with Crippen LogP contribution in [0.1, 0.15) is 51.7 Å². The Morgan fingerprint density at radius 1 is 0.766 bits per heavy atom. The number of aromatic nitrogens is 2. The highest BCUT2D eigenvalue weighted by molar-refractivity contribution is 6.32. The van der Waals surface area contributed by atoms with Crippen LogP contribution in [0.15, 0.2) is 97.3 Å². The number of para-hydroxylation sites is 2. The van der Waals surface area contributed by atoms with Crippen molar-refractivity contribution in [2.45, 2.75) is 31.2 Å². The van der Waals surface area contributed by atoms with Gasteiger partial charge in [0.05, 0.1) is 10.0 Å². The third-order valence-electron chi connectivity index (χ3n) is 9.03. The average molecular weight is 670 g/mol. The largest absolute Gasteiger partial charge is 0.506 e. The van der Waals surface area contributed by atoms with Crippen molar-refractivity contribution >= 4 is 51.3 Å². The summed E-state index contributed by atoms with van der Waals surface area (Å²) in [6.45, 7) is 5.11. The predicted molar refractivity (Wildman–Crippen MR) is 191 cm³/mol. The van der Waals surface area contributed by atoms with Crippen LogP contribution in [-0.4, -0.2) is 57.5 Å². The lowest BCUT2D eigenvalue weighted by Crippen LogP contribution is -2.19. The standard InChI is InChI=1S/C19H19ClN2O.C10H12ClNO.C9H7NO/c20-17-6-5-13(9-19(17)23)14-7-8-22(11-14)12-15-10-21-18-4-2-1-3-16(15)18;11-9-2-1-7(5-10(9)13)8-3-4-12-6-8;11-6-7-5-10-9-4-2-1-3-8(7)9/h1-6,9-10,14,21,23H,7-8,11-12H2;1-2,5,8,12-13H,3-4,6H2;1-6,10H. The van der Waals surface area contributed by atoms with Crippen LogP contribution in [0.3, 0.4) is 0 Å². The van der Waals surface area contributed by atoms with Gasteiger partial charge in [-0.1, -0.05) is 71.7 Å². The number of phenolic OH excluding ortho intramolecular Hbond substituents is 2. The number of benzene rings is 4. The van der Waals surface area contributed by atoms with E-state index in [9.17, 15) is 15.0 Å². The molecule has 2 unspecified atom stereocenters. The Kier molecular flexibility index (Phi) is 10.5. The van der Waals surface area contributed by atoms with Crippen molar-refractivity contribution in [1.82, 2.24) is 20.2 Å². The van der Waals surface area contributed by atoms with Gasteiger partial charge in [0.15, 0.2) is 6.29 Å². The van der Waals surface area contributed by atoms with E-state index in [1.54, 1.807) is 24.4 Å². The summed E-state index contributed by atoms with van der Waals surface area (Å²) < 4.78 is 0. The monoisotopic (exact) mass is 668 g/mol. The van der Waals surface area contributed by atoms with Crippen LogP contribution in [0.4, 0.5) is 0 Å². The molecule has 2 atom stereocenters. The molecular weight excluding hydrogens is 631 g/mol.